The molecule has 0 aliphatic carbocycles. The summed E-state index contributed by atoms with van der Waals surface area (Å²) in [4.78, 5) is 21.0. The molecule has 3 heterocycles. The number of pyridine rings is 2. The van der Waals surface area contributed by atoms with E-state index in [1.165, 1.54) is 0 Å². The quantitative estimate of drug-likeness (QED) is 0.455. The van der Waals surface area contributed by atoms with Gasteiger partial charge in [0.15, 0.2) is 11.2 Å². The highest BCUT2D eigenvalue weighted by Gasteiger charge is 2.20. The Morgan fingerprint density at radius 3 is 2.43 bits per heavy atom. The highest BCUT2D eigenvalue weighted by Crippen LogP contribution is 2.35. The zero-order valence-electron chi connectivity index (χ0n) is 18.1. The number of fused-ring (bicyclic) bond motifs is 1. The second kappa shape index (κ2) is 7.10. The van der Waals surface area contributed by atoms with Crippen LogP contribution >= 0.6 is 11.6 Å². The highest BCUT2D eigenvalue weighted by molar-refractivity contribution is 6.31. The number of halogens is 1. The fourth-order valence-electron chi connectivity index (χ4n) is 3.88. The normalized spacial score (nSPS) is 12.0. The van der Waals surface area contributed by atoms with Gasteiger partial charge >= 0.3 is 0 Å². The van der Waals surface area contributed by atoms with Crippen LogP contribution in [-0.2, 0) is 5.41 Å². The smallest absolute Gasteiger partial charge is 0.193 e. The summed E-state index contributed by atoms with van der Waals surface area (Å²) >= 11 is 6.61. The first-order valence-electron chi connectivity index (χ1n) is 9.93. The maximum Gasteiger partial charge on any atom is 0.193 e. The minimum atomic E-state index is -0.107. The van der Waals surface area contributed by atoms with Crippen LogP contribution in [0.3, 0.4) is 0 Å². The molecule has 0 bridgehead atoms. The SMILES string of the molecule is Cc1cc(C)n(-c2nccc3[nH]c(-c4cc(Cl)c(C(C)(C)C)cc4C)cc(=O)c23)n1. The maximum atomic E-state index is 13.2. The first-order valence-corrected chi connectivity index (χ1v) is 10.3. The zero-order valence-corrected chi connectivity index (χ0v) is 18.8. The lowest BCUT2D eigenvalue weighted by atomic mass is 9.85. The van der Waals surface area contributed by atoms with Crippen LogP contribution in [0.1, 0.15) is 43.3 Å². The Morgan fingerprint density at radius 2 is 1.80 bits per heavy atom. The molecule has 1 aromatic carbocycles. The number of nitrogens with zero attached hydrogens (tertiary/aromatic N) is 3. The first kappa shape index (κ1) is 20.4. The van der Waals surface area contributed by atoms with Gasteiger partial charge in [-0.1, -0.05) is 38.4 Å². The Balaban J connectivity index is 1.93. The molecule has 6 heteroatoms. The van der Waals surface area contributed by atoms with E-state index in [2.05, 4.69) is 41.9 Å². The fraction of sp³-hybridized carbons (Fsp3) is 0.292. The molecular weight excluding hydrogens is 396 g/mol. The van der Waals surface area contributed by atoms with Crippen LogP contribution in [0.2, 0.25) is 5.02 Å². The minimum Gasteiger partial charge on any atom is -0.354 e. The number of hydrogen-bond donors (Lipinski definition) is 1. The first-order chi connectivity index (χ1) is 14.1. The van der Waals surface area contributed by atoms with Crippen molar-refractivity contribution in [2.45, 2.75) is 47.0 Å². The predicted octanol–water partition coefficient (Wildman–Crippen LogP) is 5.65. The van der Waals surface area contributed by atoms with Crippen LogP contribution in [0.25, 0.3) is 28.0 Å². The number of aromatic amines is 1. The number of H-pyrrole nitrogens is 1. The summed E-state index contributed by atoms with van der Waals surface area (Å²) < 4.78 is 1.72. The number of hydrogen-bond acceptors (Lipinski definition) is 3. The van der Waals surface area contributed by atoms with E-state index in [0.717, 1.165) is 33.8 Å². The Hall–Kier alpha value is -2.92. The Kier molecular flexibility index (Phi) is 4.82. The summed E-state index contributed by atoms with van der Waals surface area (Å²) in [5.41, 5.74) is 6.15. The van der Waals surface area contributed by atoms with E-state index in [1.807, 2.05) is 39.0 Å². The number of benzene rings is 1. The largest absolute Gasteiger partial charge is 0.354 e. The fourth-order valence-corrected chi connectivity index (χ4v) is 4.32. The minimum absolute atomic E-state index is 0.0580. The summed E-state index contributed by atoms with van der Waals surface area (Å²) in [6.07, 6.45) is 1.69. The van der Waals surface area contributed by atoms with Crippen LogP contribution in [-0.4, -0.2) is 19.7 Å². The molecule has 0 saturated carbocycles. The van der Waals surface area contributed by atoms with Gasteiger partial charge in [0.05, 0.1) is 22.3 Å². The molecule has 0 unspecified atom stereocenters. The predicted molar refractivity (Wildman–Crippen MR) is 123 cm³/mol. The van der Waals surface area contributed by atoms with Crippen molar-refractivity contribution in [1.29, 1.82) is 0 Å². The number of rotatable bonds is 2. The van der Waals surface area contributed by atoms with Gasteiger partial charge in [-0.15, -0.1) is 0 Å². The highest BCUT2D eigenvalue weighted by atomic mass is 35.5. The van der Waals surface area contributed by atoms with Crippen molar-refractivity contribution in [1.82, 2.24) is 19.7 Å². The van der Waals surface area contributed by atoms with Crippen molar-refractivity contribution in [3.05, 3.63) is 74.3 Å². The van der Waals surface area contributed by atoms with Gasteiger partial charge in [0.2, 0.25) is 0 Å². The van der Waals surface area contributed by atoms with Crippen molar-refractivity contribution in [2.75, 3.05) is 0 Å². The van der Waals surface area contributed by atoms with Crippen LogP contribution in [0, 0.1) is 20.8 Å². The number of aromatic nitrogens is 4. The lowest BCUT2D eigenvalue weighted by molar-refractivity contribution is 0.590. The lowest BCUT2D eigenvalue weighted by Gasteiger charge is -2.22. The van der Waals surface area contributed by atoms with Crippen LogP contribution in [0.4, 0.5) is 0 Å². The van der Waals surface area contributed by atoms with Crippen molar-refractivity contribution in [3.8, 4) is 17.1 Å². The maximum absolute atomic E-state index is 13.2. The summed E-state index contributed by atoms with van der Waals surface area (Å²) in [5, 5.41) is 5.71. The van der Waals surface area contributed by atoms with Crippen molar-refractivity contribution >= 4 is 22.5 Å². The van der Waals surface area contributed by atoms with E-state index in [-0.39, 0.29) is 10.8 Å². The second-order valence-corrected chi connectivity index (χ2v) is 9.25. The standard InChI is InChI=1S/C24H25ClN4O/c1-13-9-17(24(4,5)6)18(25)11-16(13)20-12-21(30)22-19(27-20)7-8-26-23(22)29-15(3)10-14(2)28-29/h7-12H,1-6H3,(H,27,30). The molecule has 3 aromatic heterocycles. The Bertz CT molecular complexity index is 1340. The van der Waals surface area contributed by atoms with Crippen molar-refractivity contribution < 1.29 is 0 Å². The van der Waals surface area contributed by atoms with Crippen molar-refractivity contribution in [2.24, 2.45) is 0 Å². The molecule has 5 nitrogen and oxygen atoms in total. The van der Waals surface area contributed by atoms with E-state index < -0.39 is 0 Å². The molecule has 0 radical (unpaired) electrons. The van der Waals surface area contributed by atoms with E-state index in [1.54, 1.807) is 16.9 Å². The zero-order chi connectivity index (χ0) is 21.8. The van der Waals surface area contributed by atoms with E-state index in [4.69, 9.17) is 11.6 Å². The molecule has 0 aliphatic rings. The van der Waals surface area contributed by atoms with Gasteiger partial charge in [0.25, 0.3) is 0 Å². The molecule has 154 valence electrons. The van der Waals surface area contributed by atoms with Crippen LogP contribution in [0.5, 0.6) is 0 Å². The summed E-state index contributed by atoms with van der Waals surface area (Å²) in [6.45, 7) is 12.3. The second-order valence-electron chi connectivity index (χ2n) is 8.84. The molecule has 0 saturated heterocycles. The molecule has 4 aromatic rings. The monoisotopic (exact) mass is 420 g/mol. The van der Waals surface area contributed by atoms with Gasteiger partial charge in [0.1, 0.15) is 0 Å². The summed E-state index contributed by atoms with van der Waals surface area (Å²) in [7, 11) is 0. The van der Waals surface area contributed by atoms with Crippen LogP contribution in [0.15, 0.2) is 41.3 Å². The Labute approximate surface area is 180 Å². The van der Waals surface area contributed by atoms with Crippen LogP contribution < -0.4 is 5.43 Å². The molecule has 0 amide bonds. The molecule has 0 atom stereocenters. The summed E-state index contributed by atoms with van der Waals surface area (Å²) in [6, 6.07) is 9.45. The molecular formula is C24H25ClN4O. The average molecular weight is 421 g/mol. The van der Waals surface area contributed by atoms with Gasteiger partial charge in [0, 0.05) is 28.5 Å². The summed E-state index contributed by atoms with van der Waals surface area (Å²) in [5.74, 6) is 0.531. The molecule has 0 aliphatic heterocycles. The Morgan fingerprint density at radius 1 is 1.07 bits per heavy atom. The van der Waals surface area contributed by atoms with Gasteiger partial charge in [-0.3, -0.25) is 4.79 Å². The third-order valence-electron chi connectivity index (χ3n) is 5.34. The molecule has 4 rings (SSSR count). The van der Waals surface area contributed by atoms with Gasteiger partial charge < -0.3 is 4.98 Å². The average Bonchev–Trinajstić information content (AvgIpc) is 2.99. The third kappa shape index (κ3) is 3.43. The van der Waals surface area contributed by atoms with E-state index >= 15 is 0 Å². The molecule has 1 N–H and O–H groups in total. The molecule has 0 fully saturated rings. The van der Waals surface area contributed by atoms with E-state index in [0.29, 0.717) is 21.7 Å². The molecule has 0 spiro atoms. The molecule has 30 heavy (non-hydrogen) atoms. The number of aryl methyl sites for hydroxylation is 3. The van der Waals surface area contributed by atoms with Gasteiger partial charge in [-0.2, -0.15) is 5.10 Å². The lowest BCUT2D eigenvalue weighted by Crippen LogP contribution is -2.13. The number of nitrogens with one attached hydrogen (secondary N) is 1. The topological polar surface area (TPSA) is 63.6 Å². The third-order valence-corrected chi connectivity index (χ3v) is 5.66. The van der Waals surface area contributed by atoms with E-state index in [9.17, 15) is 4.79 Å². The van der Waals surface area contributed by atoms with Crippen molar-refractivity contribution in [3.63, 3.8) is 0 Å². The van der Waals surface area contributed by atoms with Gasteiger partial charge in [-0.25, -0.2) is 9.67 Å². The van der Waals surface area contributed by atoms with Gasteiger partial charge in [-0.05, 0) is 55.5 Å².